The molecule has 2 aliphatic heterocycles. The van der Waals surface area contributed by atoms with Crippen molar-refractivity contribution in [3.05, 3.63) is 63.7 Å². The number of hydrogen-bond acceptors (Lipinski definition) is 5. The molecule has 0 atom stereocenters. The summed E-state index contributed by atoms with van der Waals surface area (Å²) in [6.45, 7) is 2.92. The third kappa shape index (κ3) is 3.38. The van der Waals surface area contributed by atoms with Gasteiger partial charge in [0.05, 0.1) is 18.1 Å². The Labute approximate surface area is 157 Å². The highest BCUT2D eigenvalue weighted by molar-refractivity contribution is 6.07. The molecule has 2 aromatic rings. The van der Waals surface area contributed by atoms with Crippen molar-refractivity contribution in [3.63, 3.8) is 0 Å². The molecule has 140 valence electrons. The Hall–Kier alpha value is -2.93. The summed E-state index contributed by atoms with van der Waals surface area (Å²) >= 11 is 0. The van der Waals surface area contributed by atoms with E-state index in [1.165, 1.54) is 6.07 Å². The standard InChI is InChI=1S/C20H21N3O4/c24-20(22-9-3-5-15-4-1-2-6-17(15)22)16-7-8-18(19(14-16)23(25)26)21-10-12-27-13-11-21/h1-2,4,6-8,14H,3,5,9-13H2. The first-order valence-electron chi connectivity index (χ1n) is 9.16. The van der Waals surface area contributed by atoms with Crippen molar-refractivity contribution in [2.24, 2.45) is 0 Å². The Balaban J connectivity index is 1.67. The van der Waals surface area contributed by atoms with Crippen LogP contribution in [0.4, 0.5) is 17.1 Å². The molecule has 7 nitrogen and oxygen atoms in total. The van der Waals surface area contributed by atoms with Crippen LogP contribution in [0.3, 0.4) is 0 Å². The van der Waals surface area contributed by atoms with Crippen LogP contribution in [-0.4, -0.2) is 43.7 Å². The van der Waals surface area contributed by atoms with Crippen LogP contribution in [0, 0.1) is 10.1 Å². The minimum absolute atomic E-state index is 0.0342. The van der Waals surface area contributed by atoms with Crippen LogP contribution in [0.1, 0.15) is 22.3 Å². The Morgan fingerprint density at radius 3 is 2.59 bits per heavy atom. The summed E-state index contributed by atoms with van der Waals surface area (Å²) < 4.78 is 5.32. The Morgan fingerprint density at radius 2 is 1.81 bits per heavy atom. The van der Waals surface area contributed by atoms with Crippen LogP contribution >= 0.6 is 0 Å². The SMILES string of the molecule is O=C(c1ccc(N2CCOCC2)c([N+](=O)[O-])c1)N1CCCc2ccccc21. The molecule has 1 amide bonds. The zero-order valence-corrected chi connectivity index (χ0v) is 15.0. The van der Waals surface area contributed by atoms with E-state index in [9.17, 15) is 14.9 Å². The highest BCUT2D eigenvalue weighted by Crippen LogP contribution is 2.32. The number of fused-ring (bicyclic) bond motifs is 1. The average Bonchev–Trinajstić information content (AvgIpc) is 2.73. The molecular weight excluding hydrogens is 346 g/mol. The Bertz CT molecular complexity index is 877. The van der Waals surface area contributed by atoms with Gasteiger partial charge in [0.25, 0.3) is 11.6 Å². The van der Waals surface area contributed by atoms with Crippen LogP contribution in [0.2, 0.25) is 0 Å². The zero-order valence-electron chi connectivity index (χ0n) is 15.0. The Morgan fingerprint density at radius 1 is 1.04 bits per heavy atom. The molecule has 1 saturated heterocycles. The lowest BCUT2D eigenvalue weighted by Gasteiger charge is -2.30. The van der Waals surface area contributed by atoms with Gasteiger partial charge >= 0.3 is 0 Å². The molecule has 2 aliphatic rings. The van der Waals surface area contributed by atoms with Crippen molar-refractivity contribution < 1.29 is 14.5 Å². The molecule has 2 heterocycles. The van der Waals surface area contributed by atoms with Gasteiger partial charge in [0.2, 0.25) is 0 Å². The summed E-state index contributed by atoms with van der Waals surface area (Å²) in [4.78, 5) is 28.0. The molecule has 0 N–H and O–H groups in total. The molecule has 4 rings (SSSR count). The van der Waals surface area contributed by atoms with E-state index in [0.29, 0.717) is 44.1 Å². The van der Waals surface area contributed by atoms with Gasteiger partial charge in [-0.05, 0) is 36.6 Å². The van der Waals surface area contributed by atoms with Gasteiger partial charge < -0.3 is 14.5 Å². The topological polar surface area (TPSA) is 75.9 Å². The first-order valence-corrected chi connectivity index (χ1v) is 9.16. The lowest BCUT2D eigenvalue weighted by atomic mass is 10.0. The van der Waals surface area contributed by atoms with Crippen molar-refractivity contribution in [2.45, 2.75) is 12.8 Å². The van der Waals surface area contributed by atoms with E-state index in [1.807, 2.05) is 29.2 Å². The third-order valence-corrected chi connectivity index (χ3v) is 5.13. The zero-order chi connectivity index (χ0) is 18.8. The summed E-state index contributed by atoms with van der Waals surface area (Å²) in [5, 5.41) is 11.6. The molecule has 27 heavy (non-hydrogen) atoms. The van der Waals surface area contributed by atoms with Gasteiger partial charge in [-0.1, -0.05) is 18.2 Å². The first-order chi connectivity index (χ1) is 13.1. The van der Waals surface area contributed by atoms with E-state index in [1.54, 1.807) is 17.0 Å². The van der Waals surface area contributed by atoms with Crippen LogP contribution in [-0.2, 0) is 11.2 Å². The average molecular weight is 367 g/mol. The maximum atomic E-state index is 13.1. The summed E-state index contributed by atoms with van der Waals surface area (Å²) in [5.41, 5.74) is 2.88. The number of ether oxygens (including phenoxy) is 1. The molecule has 0 radical (unpaired) electrons. The number of hydrogen-bond donors (Lipinski definition) is 0. The van der Waals surface area contributed by atoms with Gasteiger partial charge in [-0.25, -0.2) is 0 Å². The maximum absolute atomic E-state index is 13.1. The molecular formula is C20H21N3O4. The van der Waals surface area contributed by atoms with E-state index in [4.69, 9.17) is 4.74 Å². The predicted octanol–water partition coefficient (Wildman–Crippen LogP) is 3.02. The van der Waals surface area contributed by atoms with Crippen LogP contribution in [0.5, 0.6) is 0 Å². The van der Waals surface area contributed by atoms with Gasteiger partial charge in [-0.3, -0.25) is 14.9 Å². The number of amides is 1. The molecule has 0 saturated carbocycles. The largest absolute Gasteiger partial charge is 0.378 e. The van der Waals surface area contributed by atoms with Crippen molar-refractivity contribution in [3.8, 4) is 0 Å². The number of morpholine rings is 1. The summed E-state index contributed by atoms with van der Waals surface area (Å²) in [6.07, 6.45) is 1.83. The highest BCUT2D eigenvalue weighted by Gasteiger charge is 2.27. The highest BCUT2D eigenvalue weighted by atomic mass is 16.6. The summed E-state index contributed by atoms with van der Waals surface area (Å²) in [7, 11) is 0. The Kier molecular flexibility index (Phi) is 4.77. The number of rotatable bonds is 3. The molecule has 2 aromatic carbocycles. The predicted molar refractivity (Wildman–Crippen MR) is 103 cm³/mol. The lowest BCUT2D eigenvalue weighted by molar-refractivity contribution is -0.384. The van der Waals surface area contributed by atoms with Crippen molar-refractivity contribution in [2.75, 3.05) is 42.6 Å². The monoisotopic (exact) mass is 367 g/mol. The number of nitro groups is 1. The fraction of sp³-hybridized carbons (Fsp3) is 0.350. The number of nitrogens with zero attached hydrogens (tertiary/aromatic N) is 3. The van der Waals surface area contributed by atoms with Gasteiger partial charge in [0.15, 0.2) is 0 Å². The second-order valence-electron chi connectivity index (χ2n) is 6.75. The molecule has 0 spiro atoms. The fourth-order valence-corrected chi connectivity index (χ4v) is 3.77. The lowest BCUT2D eigenvalue weighted by Crippen LogP contribution is -2.37. The number of nitro benzene ring substituents is 1. The minimum atomic E-state index is -0.411. The first kappa shape index (κ1) is 17.5. The second kappa shape index (κ2) is 7.36. The van der Waals surface area contributed by atoms with Crippen molar-refractivity contribution >= 4 is 23.0 Å². The number of carbonyl (C=O) groups is 1. The van der Waals surface area contributed by atoms with Crippen molar-refractivity contribution in [1.82, 2.24) is 0 Å². The third-order valence-electron chi connectivity index (χ3n) is 5.13. The number of para-hydroxylation sites is 1. The number of aryl methyl sites for hydroxylation is 1. The molecule has 0 unspecified atom stereocenters. The van der Waals surface area contributed by atoms with E-state index < -0.39 is 4.92 Å². The molecule has 0 bridgehead atoms. The number of anilines is 2. The smallest absolute Gasteiger partial charge is 0.293 e. The second-order valence-corrected chi connectivity index (χ2v) is 6.75. The molecule has 0 aliphatic carbocycles. The number of carbonyl (C=O) groups excluding carboxylic acids is 1. The number of benzene rings is 2. The maximum Gasteiger partial charge on any atom is 0.293 e. The normalized spacial score (nSPS) is 16.7. The molecule has 7 heteroatoms. The van der Waals surface area contributed by atoms with Crippen molar-refractivity contribution in [1.29, 1.82) is 0 Å². The van der Waals surface area contributed by atoms with Crippen LogP contribution in [0.25, 0.3) is 0 Å². The van der Waals surface area contributed by atoms with E-state index in [-0.39, 0.29) is 11.6 Å². The van der Waals surface area contributed by atoms with E-state index >= 15 is 0 Å². The fourth-order valence-electron chi connectivity index (χ4n) is 3.77. The molecule has 1 fully saturated rings. The van der Waals surface area contributed by atoms with Gasteiger partial charge in [0.1, 0.15) is 5.69 Å². The minimum Gasteiger partial charge on any atom is -0.378 e. The van der Waals surface area contributed by atoms with Gasteiger partial charge in [-0.15, -0.1) is 0 Å². The van der Waals surface area contributed by atoms with E-state index in [2.05, 4.69) is 0 Å². The van der Waals surface area contributed by atoms with Crippen LogP contribution in [0.15, 0.2) is 42.5 Å². The van der Waals surface area contributed by atoms with E-state index in [0.717, 1.165) is 24.1 Å². The van der Waals surface area contributed by atoms with Crippen LogP contribution < -0.4 is 9.80 Å². The van der Waals surface area contributed by atoms with Gasteiger partial charge in [-0.2, -0.15) is 0 Å². The summed E-state index contributed by atoms with van der Waals surface area (Å²) in [5.74, 6) is -0.196. The summed E-state index contributed by atoms with van der Waals surface area (Å²) in [6, 6.07) is 12.6. The quantitative estimate of drug-likeness (QED) is 0.616. The molecule has 0 aromatic heterocycles. The van der Waals surface area contributed by atoms with Gasteiger partial charge in [0, 0.05) is 37.0 Å².